The number of imidazole rings is 1. The van der Waals surface area contributed by atoms with Crippen LogP contribution in [0.4, 0.5) is 5.13 Å². The molecule has 0 aliphatic rings. The van der Waals surface area contributed by atoms with Crippen molar-refractivity contribution in [2.24, 2.45) is 5.41 Å². The number of rotatable bonds is 4. The number of aromatic amines is 1. The molecule has 0 saturated heterocycles. The van der Waals surface area contributed by atoms with Crippen LogP contribution in [0.15, 0.2) is 29.2 Å². The first kappa shape index (κ1) is 20.2. The molecule has 2 aromatic heterocycles. The summed E-state index contributed by atoms with van der Waals surface area (Å²) in [6, 6.07) is 5.06. The molecule has 0 unspecified atom stereocenters. The maximum Gasteiger partial charge on any atom is 0.330 e. The average molecular weight is 421 g/mol. The van der Waals surface area contributed by atoms with Crippen LogP contribution >= 0.6 is 22.9 Å². The molecule has 0 atom stereocenters. The molecule has 0 bridgehead atoms. The quantitative estimate of drug-likeness (QED) is 0.660. The highest BCUT2D eigenvalue weighted by Gasteiger charge is 2.23. The Hall–Kier alpha value is -2.58. The molecular formula is C19H21ClN4O3S. The Morgan fingerprint density at radius 2 is 2.07 bits per heavy atom. The Kier molecular flexibility index (Phi) is 5.36. The molecule has 0 saturated carbocycles. The second-order valence-electron chi connectivity index (χ2n) is 7.30. The molecule has 0 aliphatic carbocycles. The fraction of sp³-hybridized carbons (Fsp3) is 0.316. The van der Waals surface area contributed by atoms with Crippen LogP contribution in [0.25, 0.3) is 16.3 Å². The van der Waals surface area contributed by atoms with Crippen LogP contribution in [0, 0.1) is 12.3 Å². The molecule has 1 amide bonds. The van der Waals surface area contributed by atoms with E-state index in [9.17, 15) is 9.59 Å². The van der Waals surface area contributed by atoms with Crippen molar-refractivity contribution >= 4 is 34.0 Å². The van der Waals surface area contributed by atoms with Gasteiger partial charge < -0.3 is 15.0 Å². The fourth-order valence-corrected chi connectivity index (χ4v) is 3.62. The van der Waals surface area contributed by atoms with E-state index in [1.165, 1.54) is 23.0 Å². The first-order valence-corrected chi connectivity index (χ1v) is 9.74. The summed E-state index contributed by atoms with van der Waals surface area (Å²) in [4.78, 5) is 32.8. The van der Waals surface area contributed by atoms with E-state index < -0.39 is 5.41 Å². The summed E-state index contributed by atoms with van der Waals surface area (Å²) in [7, 11) is 1.53. The number of thiazole rings is 1. The molecule has 3 aromatic rings. The zero-order chi connectivity index (χ0) is 20.6. The highest BCUT2D eigenvalue weighted by Crippen LogP contribution is 2.33. The number of anilines is 1. The highest BCUT2D eigenvalue weighted by molar-refractivity contribution is 7.19. The maximum absolute atomic E-state index is 12.5. The van der Waals surface area contributed by atoms with E-state index in [-0.39, 0.29) is 11.6 Å². The van der Waals surface area contributed by atoms with Crippen LogP contribution < -0.4 is 15.7 Å². The van der Waals surface area contributed by atoms with Crippen molar-refractivity contribution in [2.45, 2.75) is 27.7 Å². The van der Waals surface area contributed by atoms with Gasteiger partial charge in [0.25, 0.3) is 0 Å². The smallest absolute Gasteiger partial charge is 0.330 e. The first-order chi connectivity index (χ1) is 13.1. The lowest BCUT2D eigenvalue weighted by Crippen LogP contribution is -2.27. The predicted octanol–water partition coefficient (Wildman–Crippen LogP) is 4.24. The molecule has 9 heteroatoms. The summed E-state index contributed by atoms with van der Waals surface area (Å²) in [5.41, 5.74) is 0.981. The van der Waals surface area contributed by atoms with E-state index in [1.54, 1.807) is 24.4 Å². The van der Waals surface area contributed by atoms with E-state index in [0.29, 0.717) is 33.0 Å². The first-order valence-electron chi connectivity index (χ1n) is 8.55. The number of H-pyrrole nitrogens is 1. The van der Waals surface area contributed by atoms with E-state index >= 15 is 0 Å². The van der Waals surface area contributed by atoms with Gasteiger partial charge in [0.05, 0.1) is 29.1 Å². The summed E-state index contributed by atoms with van der Waals surface area (Å²) in [6.07, 6.45) is 1.67. The Morgan fingerprint density at radius 1 is 1.36 bits per heavy atom. The van der Waals surface area contributed by atoms with Crippen LogP contribution in [-0.2, 0) is 4.79 Å². The summed E-state index contributed by atoms with van der Waals surface area (Å²) < 4.78 is 6.78. The van der Waals surface area contributed by atoms with Crippen molar-refractivity contribution in [2.75, 3.05) is 12.4 Å². The summed E-state index contributed by atoms with van der Waals surface area (Å²) in [6.45, 7) is 7.33. The number of hydrogen-bond donors (Lipinski definition) is 2. The van der Waals surface area contributed by atoms with Crippen molar-refractivity contribution in [3.05, 3.63) is 45.6 Å². The van der Waals surface area contributed by atoms with Gasteiger partial charge in [0.2, 0.25) is 5.91 Å². The van der Waals surface area contributed by atoms with Gasteiger partial charge in [-0.15, -0.1) is 0 Å². The number of hydrogen-bond acceptors (Lipinski definition) is 5. The number of amides is 1. The van der Waals surface area contributed by atoms with Crippen molar-refractivity contribution in [1.82, 2.24) is 14.5 Å². The van der Waals surface area contributed by atoms with Gasteiger partial charge in [-0.2, -0.15) is 0 Å². The number of benzene rings is 1. The number of methoxy groups -OCH3 is 1. The van der Waals surface area contributed by atoms with Crippen LogP contribution in [0.1, 0.15) is 26.5 Å². The van der Waals surface area contributed by atoms with E-state index in [2.05, 4.69) is 15.3 Å². The molecule has 7 nitrogen and oxygen atoms in total. The van der Waals surface area contributed by atoms with Crippen molar-refractivity contribution < 1.29 is 9.53 Å². The van der Waals surface area contributed by atoms with Crippen LogP contribution in [-0.4, -0.2) is 27.6 Å². The van der Waals surface area contributed by atoms with E-state index in [4.69, 9.17) is 16.3 Å². The molecule has 2 N–H and O–H groups in total. The number of nitrogens with zero attached hydrogens (tertiary/aromatic N) is 2. The second-order valence-corrected chi connectivity index (χ2v) is 8.73. The molecule has 0 spiro atoms. The van der Waals surface area contributed by atoms with Crippen molar-refractivity contribution in [3.63, 3.8) is 0 Å². The Labute approximate surface area is 171 Å². The lowest BCUT2D eigenvalue weighted by atomic mass is 9.96. The zero-order valence-corrected chi connectivity index (χ0v) is 17.8. The van der Waals surface area contributed by atoms with Gasteiger partial charge in [-0.25, -0.2) is 9.78 Å². The zero-order valence-electron chi connectivity index (χ0n) is 16.2. The molecule has 2 heterocycles. The van der Waals surface area contributed by atoms with E-state index in [1.807, 2.05) is 27.7 Å². The minimum atomic E-state index is -0.527. The molecule has 0 radical (unpaired) electrons. The van der Waals surface area contributed by atoms with Gasteiger partial charge in [0.15, 0.2) is 5.13 Å². The Balaban J connectivity index is 2.00. The van der Waals surface area contributed by atoms with Crippen LogP contribution in [0.2, 0.25) is 5.02 Å². The third kappa shape index (κ3) is 3.98. The molecule has 148 valence electrons. The van der Waals surface area contributed by atoms with Crippen LogP contribution in [0.5, 0.6) is 5.75 Å². The topological polar surface area (TPSA) is 89.0 Å². The standard InChI is InChI=1S/C19H21ClN4O3S/c1-10-15(28-17(21-10)23-16(25)19(2,3)4)12-9-24(18(26)22-12)13-8-11(20)6-7-14(13)27-5/h6-9H,1-5H3,(H,22,26)(H,21,23,25). The fourth-order valence-electron chi connectivity index (χ4n) is 2.53. The second kappa shape index (κ2) is 7.44. The van der Waals surface area contributed by atoms with Gasteiger partial charge >= 0.3 is 5.69 Å². The number of carbonyl (C=O) groups excluding carboxylic acids is 1. The molecular weight excluding hydrogens is 400 g/mol. The summed E-state index contributed by atoms with van der Waals surface area (Å²) in [5, 5.41) is 3.80. The third-order valence-electron chi connectivity index (χ3n) is 4.06. The monoisotopic (exact) mass is 420 g/mol. The molecule has 3 rings (SSSR count). The number of aryl methyl sites for hydroxylation is 1. The Morgan fingerprint density at radius 3 is 2.71 bits per heavy atom. The maximum atomic E-state index is 12.5. The highest BCUT2D eigenvalue weighted by atomic mass is 35.5. The Bertz CT molecular complexity index is 1090. The van der Waals surface area contributed by atoms with E-state index in [0.717, 1.165) is 4.88 Å². The van der Waals surface area contributed by atoms with Gasteiger partial charge in [-0.05, 0) is 25.1 Å². The number of halogens is 1. The summed E-state index contributed by atoms with van der Waals surface area (Å²) >= 11 is 7.39. The largest absolute Gasteiger partial charge is 0.495 e. The van der Waals surface area contributed by atoms with Crippen molar-refractivity contribution in [3.8, 4) is 22.0 Å². The average Bonchev–Trinajstić information content (AvgIpc) is 3.16. The number of aromatic nitrogens is 3. The molecule has 0 fully saturated rings. The minimum Gasteiger partial charge on any atom is -0.495 e. The molecule has 28 heavy (non-hydrogen) atoms. The predicted molar refractivity (Wildman–Crippen MR) is 112 cm³/mol. The lowest BCUT2D eigenvalue weighted by Gasteiger charge is -2.15. The molecule has 0 aliphatic heterocycles. The normalized spacial score (nSPS) is 11.5. The third-order valence-corrected chi connectivity index (χ3v) is 5.40. The van der Waals surface area contributed by atoms with Crippen molar-refractivity contribution in [1.29, 1.82) is 0 Å². The van der Waals surface area contributed by atoms with Gasteiger partial charge in [0.1, 0.15) is 5.75 Å². The molecule has 1 aromatic carbocycles. The number of nitrogens with one attached hydrogen (secondary N) is 2. The lowest BCUT2D eigenvalue weighted by molar-refractivity contribution is -0.123. The SMILES string of the molecule is COc1ccc(Cl)cc1-n1cc(-c2sc(NC(=O)C(C)(C)C)nc2C)[nH]c1=O. The number of ether oxygens (including phenoxy) is 1. The van der Waals surface area contributed by atoms with Gasteiger partial charge in [-0.1, -0.05) is 43.7 Å². The summed E-state index contributed by atoms with van der Waals surface area (Å²) in [5.74, 6) is 0.402. The van der Waals surface area contributed by atoms with Gasteiger partial charge in [-0.3, -0.25) is 9.36 Å². The minimum absolute atomic E-state index is 0.123. The number of carbonyl (C=O) groups is 1. The van der Waals surface area contributed by atoms with Gasteiger partial charge in [0, 0.05) is 16.6 Å². The van der Waals surface area contributed by atoms with Crippen LogP contribution in [0.3, 0.4) is 0 Å².